The van der Waals surface area contributed by atoms with Gasteiger partial charge >= 0.3 is 0 Å². The standard InChI is InChI=1S/C74H76N4SSi/c1-44(2)47-16-22-51(23-17-47)75(53-26-30-55(31-27-53)79-46(5)6)65-38-34-57-59-42-68-60(43-67(59)77-63-36-20-49(73(7,8)9)40-61(63)69(65)71(57)77)58-35-39-66(70-62-41-50(74(10,11)12)21-37-64(62)78(68)72(58)70)76(52-24-18-48(19-25-52)45(3)4)54-28-32-56(33-29-54)80(13,14)15/h16-46H,1-15H3. The lowest BCUT2D eigenvalue weighted by atomic mass is 9.86. The molecule has 4 heterocycles. The zero-order valence-corrected chi connectivity index (χ0v) is 51.4. The summed E-state index contributed by atoms with van der Waals surface area (Å²) in [4.78, 5) is 6.32. The zero-order valence-electron chi connectivity index (χ0n) is 49.6. The van der Waals surface area contributed by atoms with Crippen LogP contribution in [0, 0.1) is 0 Å². The fraction of sp³-hybridized carbons (Fsp3) is 0.270. The summed E-state index contributed by atoms with van der Waals surface area (Å²) in [6.07, 6.45) is 0. The average molecular weight is 1080 g/mol. The van der Waals surface area contributed by atoms with Crippen LogP contribution in [0.25, 0.3) is 76.2 Å². The summed E-state index contributed by atoms with van der Waals surface area (Å²) in [6, 6.07) is 66.6. The predicted molar refractivity (Wildman–Crippen MR) is 355 cm³/mol. The van der Waals surface area contributed by atoms with Gasteiger partial charge in [-0.3, -0.25) is 0 Å². The van der Waals surface area contributed by atoms with Crippen LogP contribution in [-0.2, 0) is 10.8 Å². The van der Waals surface area contributed by atoms with Gasteiger partial charge in [0.25, 0.3) is 0 Å². The smallest absolute Gasteiger partial charge is 0.0775 e. The van der Waals surface area contributed by atoms with Crippen LogP contribution in [0.1, 0.15) is 117 Å². The molecule has 0 saturated carbocycles. The number of aromatic nitrogens is 2. The predicted octanol–water partition coefficient (Wildman–Crippen LogP) is 21.8. The van der Waals surface area contributed by atoms with Crippen molar-refractivity contribution in [2.45, 2.75) is 136 Å². The van der Waals surface area contributed by atoms with Crippen LogP contribution < -0.4 is 15.0 Å². The van der Waals surface area contributed by atoms with Crippen molar-refractivity contribution in [1.82, 2.24) is 8.80 Å². The summed E-state index contributed by atoms with van der Waals surface area (Å²) in [5, 5.41) is 12.2. The maximum Gasteiger partial charge on any atom is 0.0775 e. The lowest BCUT2D eigenvalue weighted by Gasteiger charge is -2.28. The monoisotopic (exact) mass is 1080 g/mol. The molecule has 13 aromatic rings. The van der Waals surface area contributed by atoms with Crippen LogP contribution >= 0.6 is 11.8 Å². The molecular formula is C74H76N4SSi. The first-order chi connectivity index (χ1) is 38.0. The summed E-state index contributed by atoms with van der Waals surface area (Å²) in [6.45, 7) is 35.0. The molecule has 80 heavy (non-hydrogen) atoms. The second-order valence-electron chi connectivity index (χ2n) is 26.9. The molecule has 0 aliphatic heterocycles. The van der Waals surface area contributed by atoms with Crippen molar-refractivity contribution in [3.8, 4) is 0 Å². The number of anilines is 6. The molecule has 0 amide bonds. The van der Waals surface area contributed by atoms with Crippen molar-refractivity contribution in [1.29, 1.82) is 0 Å². The van der Waals surface area contributed by atoms with Gasteiger partial charge in [-0.1, -0.05) is 169 Å². The van der Waals surface area contributed by atoms with Gasteiger partial charge in [0.15, 0.2) is 0 Å². The molecule has 4 aromatic heterocycles. The minimum Gasteiger partial charge on any atom is -0.310 e. The van der Waals surface area contributed by atoms with E-state index in [9.17, 15) is 0 Å². The highest BCUT2D eigenvalue weighted by Crippen LogP contribution is 2.52. The molecule has 0 saturated heterocycles. The molecule has 0 aliphatic rings. The van der Waals surface area contributed by atoms with Crippen molar-refractivity contribution >= 4 is 135 Å². The number of thioether (sulfide) groups is 1. The fourth-order valence-corrected chi connectivity index (χ4v) is 14.8. The van der Waals surface area contributed by atoms with Crippen molar-refractivity contribution in [3.63, 3.8) is 0 Å². The maximum atomic E-state index is 2.61. The van der Waals surface area contributed by atoms with Gasteiger partial charge in [-0.15, -0.1) is 11.8 Å². The second kappa shape index (κ2) is 18.7. The third-order valence-electron chi connectivity index (χ3n) is 17.3. The van der Waals surface area contributed by atoms with Crippen LogP contribution in [0.5, 0.6) is 0 Å². The average Bonchev–Trinajstić information content (AvgIpc) is 4.33. The van der Waals surface area contributed by atoms with E-state index in [2.05, 4.69) is 291 Å². The molecule has 0 atom stereocenters. The Labute approximate surface area is 478 Å². The number of fused-ring (bicyclic) bond motifs is 12. The number of benzene rings is 9. The normalized spacial score (nSPS) is 13.1. The first-order valence-corrected chi connectivity index (χ1v) is 33.5. The van der Waals surface area contributed by atoms with Crippen LogP contribution in [-0.4, -0.2) is 22.1 Å². The van der Waals surface area contributed by atoms with Crippen LogP contribution in [0.2, 0.25) is 19.6 Å². The molecule has 0 bridgehead atoms. The minimum absolute atomic E-state index is 0.0346. The van der Waals surface area contributed by atoms with Gasteiger partial charge in [-0.2, -0.15) is 0 Å². The van der Waals surface area contributed by atoms with E-state index in [1.807, 2.05) is 11.8 Å². The molecule has 6 heteroatoms. The highest BCUT2D eigenvalue weighted by molar-refractivity contribution is 7.99. The molecular weight excluding hydrogens is 1000 g/mol. The number of hydrogen-bond acceptors (Lipinski definition) is 3. The topological polar surface area (TPSA) is 15.3 Å². The van der Waals surface area contributed by atoms with Gasteiger partial charge in [0.05, 0.1) is 52.5 Å². The molecule has 0 unspecified atom stereocenters. The minimum atomic E-state index is -1.55. The van der Waals surface area contributed by atoms with E-state index < -0.39 is 8.07 Å². The Morgan fingerprint density at radius 1 is 0.388 bits per heavy atom. The molecule has 402 valence electrons. The Kier molecular flexibility index (Phi) is 12.2. The van der Waals surface area contributed by atoms with Gasteiger partial charge in [0.2, 0.25) is 0 Å². The molecule has 0 aliphatic carbocycles. The van der Waals surface area contributed by atoms with E-state index in [1.54, 1.807) is 0 Å². The van der Waals surface area contributed by atoms with E-state index in [1.165, 1.54) is 126 Å². The molecule has 0 fully saturated rings. The van der Waals surface area contributed by atoms with Gasteiger partial charge in [-0.05, 0) is 154 Å². The summed E-state index contributed by atoms with van der Waals surface area (Å²) in [5.41, 5.74) is 19.8. The third-order valence-corrected chi connectivity index (χ3v) is 20.3. The Morgan fingerprint density at radius 3 is 1.11 bits per heavy atom. The Bertz CT molecular complexity index is 4500. The van der Waals surface area contributed by atoms with Crippen molar-refractivity contribution in [2.75, 3.05) is 9.80 Å². The molecule has 0 radical (unpaired) electrons. The third kappa shape index (κ3) is 8.37. The molecule has 0 N–H and O–H groups in total. The molecule has 9 aromatic carbocycles. The fourth-order valence-electron chi connectivity index (χ4n) is 12.8. The van der Waals surface area contributed by atoms with Gasteiger partial charge in [-0.25, -0.2) is 0 Å². The summed E-state index contributed by atoms with van der Waals surface area (Å²) in [7, 11) is -1.55. The van der Waals surface area contributed by atoms with Crippen molar-refractivity contribution in [3.05, 3.63) is 192 Å². The lowest BCUT2D eigenvalue weighted by Crippen LogP contribution is -2.37. The quantitative estimate of drug-likeness (QED) is 0.0948. The van der Waals surface area contributed by atoms with Crippen molar-refractivity contribution < 1.29 is 0 Å². The van der Waals surface area contributed by atoms with E-state index in [0.29, 0.717) is 17.1 Å². The Morgan fingerprint density at radius 2 is 0.762 bits per heavy atom. The van der Waals surface area contributed by atoms with Crippen LogP contribution in [0.4, 0.5) is 34.1 Å². The number of rotatable bonds is 11. The van der Waals surface area contributed by atoms with E-state index >= 15 is 0 Å². The molecule has 0 spiro atoms. The highest BCUT2D eigenvalue weighted by atomic mass is 32.2. The van der Waals surface area contributed by atoms with Gasteiger partial charge < -0.3 is 18.6 Å². The first kappa shape index (κ1) is 52.1. The summed E-state index contributed by atoms with van der Waals surface area (Å²) >= 11 is 1.91. The Hall–Kier alpha value is -7.25. The van der Waals surface area contributed by atoms with Gasteiger partial charge in [0.1, 0.15) is 0 Å². The largest absolute Gasteiger partial charge is 0.310 e. The summed E-state index contributed by atoms with van der Waals surface area (Å²) < 4.78 is 5.21. The Balaban J connectivity index is 1.11. The van der Waals surface area contributed by atoms with Crippen LogP contribution in [0.15, 0.2) is 175 Å². The summed E-state index contributed by atoms with van der Waals surface area (Å²) in [5.74, 6) is 0.881. The molecule has 4 nitrogen and oxygen atoms in total. The van der Waals surface area contributed by atoms with Crippen LogP contribution in [0.3, 0.4) is 0 Å². The van der Waals surface area contributed by atoms with Crippen molar-refractivity contribution in [2.24, 2.45) is 0 Å². The zero-order chi connectivity index (χ0) is 56.1. The molecule has 13 rings (SSSR count). The first-order valence-electron chi connectivity index (χ1n) is 29.2. The lowest BCUT2D eigenvalue weighted by molar-refractivity contribution is 0.591. The SMILES string of the molecule is CC(C)Sc1ccc(N(c2ccc(C(C)C)cc2)c2ccc3c4cc5c(cc4n4c6ccc(C(C)(C)C)cc6c2c34)c2ccc(N(c3ccc(C(C)C)cc3)c3ccc([Si](C)(C)C)cc3)c3c4cc(C(C)(C)C)ccc4n5c23)cc1. The van der Waals surface area contributed by atoms with E-state index in [-0.39, 0.29) is 10.8 Å². The number of hydrogen-bond donors (Lipinski definition) is 0. The van der Waals surface area contributed by atoms with Gasteiger partial charge in [0, 0.05) is 76.0 Å². The second-order valence-corrected chi connectivity index (χ2v) is 33.6. The van der Waals surface area contributed by atoms with E-state index in [4.69, 9.17) is 0 Å². The van der Waals surface area contributed by atoms with E-state index in [0.717, 1.165) is 17.1 Å². The highest BCUT2D eigenvalue weighted by Gasteiger charge is 2.30. The number of nitrogens with zero attached hydrogens (tertiary/aromatic N) is 4. The maximum absolute atomic E-state index is 2.61.